The number of nitrogens with zero attached hydrogens (tertiary/aromatic N) is 3. The van der Waals surface area contributed by atoms with Crippen molar-refractivity contribution in [2.75, 3.05) is 13.2 Å². The number of carbonyl (C=O) groups is 1. The number of Topliss-reactive ketones (excluding diaryl/α,β-unsaturated/α-hetero) is 1. The van der Waals surface area contributed by atoms with Gasteiger partial charge in [0, 0.05) is 30.9 Å². The Labute approximate surface area is 203 Å². The van der Waals surface area contributed by atoms with Crippen LogP contribution in [0.4, 0.5) is 0 Å². The molecule has 0 aromatic carbocycles. The van der Waals surface area contributed by atoms with Gasteiger partial charge in [-0.25, -0.2) is 0 Å². The van der Waals surface area contributed by atoms with Crippen LogP contribution < -0.4 is 0 Å². The van der Waals surface area contributed by atoms with E-state index in [2.05, 4.69) is 64.7 Å². The fraction of sp³-hybridized carbons (Fsp3) is 0.963. The third-order valence-corrected chi connectivity index (χ3v) is 15.6. The highest BCUT2D eigenvalue weighted by molar-refractivity contribution is 6.74. The topological polar surface area (TPSA) is 75.1 Å². The predicted molar refractivity (Wildman–Crippen MR) is 138 cm³/mol. The van der Waals surface area contributed by atoms with Gasteiger partial charge in [-0.05, 0) is 96.2 Å². The maximum absolute atomic E-state index is 12.6. The lowest BCUT2D eigenvalue weighted by atomic mass is 9.49. The van der Waals surface area contributed by atoms with E-state index in [1.54, 1.807) is 0 Å². The van der Waals surface area contributed by atoms with E-state index in [1.165, 1.54) is 32.1 Å². The molecule has 3 rings (SSSR count). The number of hydrogen-bond donors (Lipinski definition) is 0. The summed E-state index contributed by atoms with van der Waals surface area (Å²) >= 11 is 0. The van der Waals surface area contributed by atoms with Crippen LogP contribution in [0.5, 0.6) is 0 Å². The fourth-order valence-electron chi connectivity index (χ4n) is 7.76. The summed E-state index contributed by atoms with van der Waals surface area (Å²) in [7, 11) is -1.89. The van der Waals surface area contributed by atoms with Crippen molar-refractivity contribution in [3.63, 3.8) is 0 Å². The van der Waals surface area contributed by atoms with E-state index in [4.69, 9.17) is 4.43 Å². The van der Waals surface area contributed by atoms with Crippen molar-refractivity contribution >= 4 is 14.1 Å². The molecule has 188 valence electrons. The molecular weight excluding hydrogens is 426 g/mol. The standard InChI is InChI=1S/C27H49N3O2Si/c1-9-19-10-11-23-22(17-29-30-28)24(13-15-26(19,23)5)27(6)14-12-21(31)16-20(27)18-32-33(7,8)25(2,3)4/h19-20,22-24H,9-18H2,1-8H3/t19-,20+,22-,23-,24-,26+,27-/m0/s1. The van der Waals surface area contributed by atoms with Crippen LogP contribution in [-0.2, 0) is 9.22 Å². The number of carbonyl (C=O) groups excluding carboxylic acids is 1. The first-order valence-corrected chi connectivity index (χ1v) is 16.4. The average Bonchev–Trinajstić information content (AvgIpc) is 3.08. The Hall–Kier alpha value is -0.843. The molecule has 0 saturated heterocycles. The van der Waals surface area contributed by atoms with Crippen molar-refractivity contribution in [1.82, 2.24) is 0 Å². The summed E-state index contributed by atoms with van der Waals surface area (Å²) < 4.78 is 6.73. The van der Waals surface area contributed by atoms with Gasteiger partial charge < -0.3 is 4.43 Å². The summed E-state index contributed by atoms with van der Waals surface area (Å²) in [5.41, 5.74) is 9.63. The van der Waals surface area contributed by atoms with Crippen LogP contribution in [0, 0.1) is 40.4 Å². The molecule has 0 amide bonds. The van der Waals surface area contributed by atoms with Gasteiger partial charge in [0.15, 0.2) is 8.32 Å². The van der Waals surface area contributed by atoms with E-state index >= 15 is 0 Å². The Morgan fingerprint density at radius 3 is 2.33 bits per heavy atom. The summed E-state index contributed by atoms with van der Waals surface area (Å²) in [4.78, 5) is 15.8. The van der Waals surface area contributed by atoms with Gasteiger partial charge in [0.2, 0.25) is 0 Å². The summed E-state index contributed by atoms with van der Waals surface area (Å²) in [6.45, 7) is 20.1. The second-order valence-electron chi connectivity index (χ2n) is 13.5. The van der Waals surface area contributed by atoms with Gasteiger partial charge in [0.05, 0.1) is 0 Å². The van der Waals surface area contributed by atoms with E-state index in [-0.39, 0.29) is 16.4 Å². The van der Waals surface area contributed by atoms with Crippen LogP contribution in [0.2, 0.25) is 18.1 Å². The minimum atomic E-state index is -1.89. The Balaban J connectivity index is 1.90. The third kappa shape index (κ3) is 4.95. The van der Waals surface area contributed by atoms with E-state index in [9.17, 15) is 10.3 Å². The molecule has 3 fully saturated rings. The second-order valence-corrected chi connectivity index (χ2v) is 18.3. The SMILES string of the molecule is CC[C@H]1CC[C@H]2[C@H](CN=[N+]=[N-])[C@@H]([C@@]3(C)CCC(=O)C[C@@H]3CO[Si](C)(C)C(C)(C)C)CC[C@]12C. The Morgan fingerprint density at radius 2 is 1.73 bits per heavy atom. The number of fused-ring (bicyclic) bond motifs is 1. The molecule has 0 bridgehead atoms. The maximum Gasteiger partial charge on any atom is 0.191 e. The van der Waals surface area contributed by atoms with E-state index in [0.717, 1.165) is 12.3 Å². The molecule has 5 nitrogen and oxygen atoms in total. The van der Waals surface area contributed by atoms with Gasteiger partial charge in [-0.3, -0.25) is 4.79 Å². The van der Waals surface area contributed by atoms with Crippen LogP contribution in [0.15, 0.2) is 5.11 Å². The van der Waals surface area contributed by atoms with Crippen LogP contribution in [-0.4, -0.2) is 27.3 Å². The van der Waals surface area contributed by atoms with Crippen molar-refractivity contribution in [3.8, 4) is 0 Å². The highest BCUT2D eigenvalue weighted by Crippen LogP contribution is 2.64. The summed E-state index contributed by atoms with van der Waals surface area (Å²) in [5, 5.41) is 4.33. The van der Waals surface area contributed by atoms with Crippen molar-refractivity contribution < 1.29 is 9.22 Å². The van der Waals surface area contributed by atoms with Crippen molar-refractivity contribution in [1.29, 1.82) is 0 Å². The molecule has 7 atom stereocenters. The Morgan fingerprint density at radius 1 is 1.09 bits per heavy atom. The minimum Gasteiger partial charge on any atom is -0.417 e. The highest BCUT2D eigenvalue weighted by Gasteiger charge is 2.58. The lowest BCUT2D eigenvalue weighted by Crippen LogP contribution is -2.53. The monoisotopic (exact) mass is 475 g/mol. The lowest BCUT2D eigenvalue weighted by molar-refractivity contribution is -0.132. The number of ketones is 1. The first-order valence-electron chi connectivity index (χ1n) is 13.5. The lowest BCUT2D eigenvalue weighted by Gasteiger charge is -2.57. The molecule has 3 saturated carbocycles. The average molecular weight is 476 g/mol. The van der Waals surface area contributed by atoms with Gasteiger partial charge in [-0.2, -0.15) is 0 Å². The number of azide groups is 1. The quantitative estimate of drug-likeness (QED) is 0.161. The van der Waals surface area contributed by atoms with Crippen LogP contribution in [0.1, 0.15) is 92.9 Å². The molecule has 3 aliphatic carbocycles. The van der Waals surface area contributed by atoms with Gasteiger partial charge in [-0.15, -0.1) is 0 Å². The zero-order valence-electron chi connectivity index (χ0n) is 22.6. The molecule has 0 aromatic rings. The molecule has 0 aromatic heterocycles. The van der Waals surface area contributed by atoms with Crippen LogP contribution >= 0.6 is 0 Å². The molecule has 0 radical (unpaired) electrons. The van der Waals surface area contributed by atoms with E-state index in [1.807, 2.05) is 0 Å². The highest BCUT2D eigenvalue weighted by atomic mass is 28.4. The summed E-state index contributed by atoms with van der Waals surface area (Å²) in [6.07, 6.45) is 8.58. The number of rotatable bonds is 7. The Kier molecular flexibility index (Phi) is 7.83. The van der Waals surface area contributed by atoms with E-state index in [0.29, 0.717) is 54.9 Å². The molecule has 0 heterocycles. The van der Waals surface area contributed by atoms with Crippen LogP contribution in [0.25, 0.3) is 10.4 Å². The van der Waals surface area contributed by atoms with Crippen molar-refractivity contribution in [2.45, 2.75) is 111 Å². The number of hydrogen-bond acceptors (Lipinski definition) is 3. The zero-order valence-corrected chi connectivity index (χ0v) is 23.6. The molecule has 0 unspecified atom stereocenters. The molecule has 0 N–H and O–H groups in total. The molecule has 3 aliphatic rings. The first-order chi connectivity index (χ1) is 15.3. The largest absolute Gasteiger partial charge is 0.417 e. The normalized spacial score (nSPS) is 39.8. The van der Waals surface area contributed by atoms with Crippen LogP contribution in [0.3, 0.4) is 0 Å². The zero-order chi connectivity index (χ0) is 24.7. The molecule has 6 heteroatoms. The maximum atomic E-state index is 12.6. The van der Waals surface area contributed by atoms with E-state index < -0.39 is 8.32 Å². The first kappa shape index (κ1) is 26.8. The van der Waals surface area contributed by atoms with Crippen molar-refractivity contribution in [3.05, 3.63) is 10.4 Å². The van der Waals surface area contributed by atoms with Crippen molar-refractivity contribution in [2.24, 2.45) is 45.5 Å². The van der Waals surface area contributed by atoms with Gasteiger partial charge in [0.25, 0.3) is 0 Å². The molecule has 0 spiro atoms. The summed E-state index contributed by atoms with van der Waals surface area (Å²) in [6, 6.07) is 0. The minimum absolute atomic E-state index is 0.0670. The third-order valence-electron chi connectivity index (χ3n) is 11.1. The predicted octanol–water partition coefficient (Wildman–Crippen LogP) is 8.16. The van der Waals surface area contributed by atoms with Gasteiger partial charge >= 0.3 is 0 Å². The molecule has 33 heavy (non-hydrogen) atoms. The van der Waals surface area contributed by atoms with Gasteiger partial charge in [-0.1, -0.05) is 53.1 Å². The molecule has 0 aliphatic heterocycles. The second kappa shape index (κ2) is 9.66. The summed E-state index contributed by atoms with van der Waals surface area (Å²) in [5.74, 6) is 3.00. The fourth-order valence-corrected chi connectivity index (χ4v) is 8.81. The Bertz CT molecular complexity index is 772. The molecular formula is C27H49N3O2Si. The smallest absolute Gasteiger partial charge is 0.191 e. The van der Waals surface area contributed by atoms with Gasteiger partial charge in [0.1, 0.15) is 5.78 Å².